The molecule has 2 aromatic rings. The third-order valence-corrected chi connectivity index (χ3v) is 5.63. The molecule has 3 rings (SSSR count). The summed E-state index contributed by atoms with van der Waals surface area (Å²) in [6.45, 7) is 5.12. The fourth-order valence-electron chi connectivity index (χ4n) is 3.62. The van der Waals surface area contributed by atoms with Gasteiger partial charge in [-0.15, -0.1) is 0 Å². The second-order valence-electron chi connectivity index (χ2n) is 7.67. The molecule has 0 unspecified atom stereocenters. The largest absolute Gasteiger partial charge is 0.497 e. The number of ether oxygens (including phenoxy) is 2. The molecule has 2 amide bonds. The third-order valence-electron chi connectivity index (χ3n) is 5.43. The van der Waals surface area contributed by atoms with Crippen LogP contribution < -0.4 is 25.0 Å². The highest BCUT2D eigenvalue weighted by Gasteiger charge is 2.20. The lowest BCUT2D eigenvalue weighted by Gasteiger charge is -2.36. The van der Waals surface area contributed by atoms with E-state index in [9.17, 15) is 9.59 Å². The van der Waals surface area contributed by atoms with Crippen molar-refractivity contribution >= 4 is 40.5 Å². The predicted molar refractivity (Wildman–Crippen MR) is 133 cm³/mol. The van der Waals surface area contributed by atoms with Crippen LogP contribution in [0.5, 0.6) is 11.5 Å². The van der Waals surface area contributed by atoms with E-state index in [1.807, 2.05) is 36.1 Å². The number of nitrogens with zero attached hydrogens (tertiary/aromatic N) is 2. The molecule has 1 fully saturated rings. The van der Waals surface area contributed by atoms with Crippen LogP contribution in [0.1, 0.15) is 30.1 Å². The quantitative estimate of drug-likeness (QED) is 0.601. The lowest BCUT2D eigenvalue weighted by atomic mass is 10.2. The monoisotopic (exact) mass is 470 g/mol. The number of hydrogen-bond donors (Lipinski definition) is 2. The number of anilines is 2. The lowest BCUT2D eigenvalue weighted by molar-refractivity contribution is -0.131. The van der Waals surface area contributed by atoms with Crippen LogP contribution in [-0.2, 0) is 4.79 Å². The molecule has 0 radical (unpaired) electrons. The van der Waals surface area contributed by atoms with E-state index in [0.717, 1.165) is 44.0 Å². The molecule has 0 aromatic heterocycles. The average Bonchev–Trinajstić information content (AvgIpc) is 2.84. The second-order valence-corrected chi connectivity index (χ2v) is 8.08. The van der Waals surface area contributed by atoms with Crippen LogP contribution in [0.25, 0.3) is 0 Å². The molecule has 8 nitrogen and oxygen atoms in total. The minimum atomic E-state index is -0.364. The van der Waals surface area contributed by atoms with Gasteiger partial charge in [-0.25, -0.2) is 0 Å². The number of nitrogens with one attached hydrogen (secondary N) is 2. The Bertz CT molecular complexity index is 966. The van der Waals surface area contributed by atoms with Crippen LogP contribution in [0, 0.1) is 0 Å². The van der Waals surface area contributed by atoms with Crippen molar-refractivity contribution in [3.8, 4) is 11.5 Å². The van der Waals surface area contributed by atoms with E-state index in [0.29, 0.717) is 23.5 Å². The van der Waals surface area contributed by atoms with E-state index < -0.39 is 0 Å². The molecule has 1 saturated heterocycles. The highest BCUT2D eigenvalue weighted by atomic mass is 32.1. The first-order valence-electron chi connectivity index (χ1n) is 10.9. The van der Waals surface area contributed by atoms with Crippen molar-refractivity contribution in [1.82, 2.24) is 10.2 Å². The maximum absolute atomic E-state index is 12.6. The fraction of sp³-hybridized carbons (Fsp3) is 0.375. The zero-order valence-electron chi connectivity index (χ0n) is 19.2. The molecule has 2 N–H and O–H groups in total. The number of hydrogen-bond acceptors (Lipinski definition) is 6. The van der Waals surface area contributed by atoms with Gasteiger partial charge in [0.25, 0.3) is 5.91 Å². The normalized spacial score (nSPS) is 13.3. The first kappa shape index (κ1) is 24.3. The molecule has 9 heteroatoms. The molecule has 1 aliphatic heterocycles. The van der Waals surface area contributed by atoms with Crippen LogP contribution in [0.4, 0.5) is 11.4 Å². The van der Waals surface area contributed by atoms with Gasteiger partial charge in [0.05, 0.1) is 14.2 Å². The van der Waals surface area contributed by atoms with E-state index in [4.69, 9.17) is 21.7 Å². The Morgan fingerprint density at radius 3 is 2.12 bits per heavy atom. The van der Waals surface area contributed by atoms with Gasteiger partial charge in [0, 0.05) is 55.6 Å². The number of carbonyl (C=O) groups is 2. The predicted octanol–water partition coefficient (Wildman–Crippen LogP) is 3.28. The zero-order chi connectivity index (χ0) is 23.8. The number of carbonyl (C=O) groups excluding carboxylic acids is 2. The minimum Gasteiger partial charge on any atom is -0.497 e. The number of amides is 2. The summed E-state index contributed by atoms with van der Waals surface area (Å²) in [4.78, 5) is 28.8. The Kier molecular flexibility index (Phi) is 8.48. The maximum Gasteiger partial charge on any atom is 0.257 e. The molecule has 0 atom stereocenters. The van der Waals surface area contributed by atoms with Gasteiger partial charge >= 0.3 is 0 Å². The topological polar surface area (TPSA) is 83.1 Å². The Balaban J connectivity index is 1.53. The van der Waals surface area contributed by atoms with E-state index in [1.54, 1.807) is 18.2 Å². The van der Waals surface area contributed by atoms with Crippen molar-refractivity contribution in [3.63, 3.8) is 0 Å². The number of methoxy groups -OCH3 is 2. The molecule has 0 saturated carbocycles. The van der Waals surface area contributed by atoms with Gasteiger partial charge < -0.3 is 24.6 Å². The SMILES string of the molecule is CCCC(=O)N1CCN(c2ccc(NC(=S)NC(=O)c3cc(OC)cc(OC)c3)cc2)CC1. The smallest absolute Gasteiger partial charge is 0.257 e. The summed E-state index contributed by atoms with van der Waals surface area (Å²) in [5.74, 6) is 0.908. The maximum atomic E-state index is 12.6. The molecule has 2 aromatic carbocycles. The molecule has 0 aliphatic carbocycles. The first-order chi connectivity index (χ1) is 15.9. The summed E-state index contributed by atoms with van der Waals surface area (Å²) in [5, 5.41) is 5.90. The van der Waals surface area contributed by atoms with E-state index in [1.165, 1.54) is 14.2 Å². The Morgan fingerprint density at radius 1 is 0.970 bits per heavy atom. The lowest BCUT2D eigenvalue weighted by Crippen LogP contribution is -2.48. The number of rotatable bonds is 7. The van der Waals surface area contributed by atoms with Crippen LogP contribution >= 0.6 is 12.2 Å². The highest BCUT2D eigenvalue weighted by molar-refractivity contribution is 7.80. The van der Waals surface area contributed by atoms with Gasteiger partial charge in [-0.1, -0.05) is 6.92 Å². The Labute approximate surface area is 199 Å². The summed E-state index contributed by atoms with van der Waals surface area (Å²) in [6.07, 6.45) is 1.49. The second kappa shape index (κ2) is 11.5. The van der Waals surface area contributed by atoms with Gasteiger partial charge in [0.2, 0.25) is 5.91 Å². The molecular weight excluding hydrogens is 440 g/mol. The van der Waals surface area contributed by atoms with E-state index in [2.05, 4.69) is 15.5 Å². The van der Waals surface area contributed by atoms with Gasteiger partial charge in [-0.2, -0.15) is 0 Å². The molecule has 1 heterocycles. The number of piperazine rings is 1. The zero-order valence-corrected chi connectivity index (χ0v) is 20.0. The summed E-state index contributed by atoms with van der Waals surface area (Å²) < 4.78 is 10.4. The van der Waals surface area contributed by atoms with Crippen molar-refractivity contribution in [2.24, 2.45) is 0 Å². The summed E-state index contributed by atoms with van der Waals surface area (Å²) in [7, 11) is 3.05. The standard InChI is InChI=1S/C24H30N4O4S/c1-4-5-22(29)28-12-10-27(11-13-28)19-8-6-18(7-9-19)25-24(33)26-23(30)17-14-20(31-2)16-21(15-17)32-3/h6-9,14-16H,4-5,10-13H2,1-3H3,(H2,25,26,30,33). The fourth-order valence-corrected chi connectivity index (χ4v) is 3.83. The van der Waals surface area contributed by atoms with E-state index >= 15 is 0 Å². The van der Waals surface area contributed by atoms with Crippen LogP contribution in [0.15, 0.2) is 42.5 Å². The minimum absolute atomic E-state index is 0.192. The molecule has 33 heavy (non-hydrogen) atoms. The molecular formula is C24H30N4O4S. The van der Waals surface area contributed by atoms with Crippen LogP contribution in [0.3, 0.4) is 0 Å². The van der Waals surface area contributed by atoms with Gasteiger partial charge in [0.1, 0.15) is 11.5 Å². The Hall–Kier alpha value is -3.33. The van der Waals surface area contributed by atoms with Gasteiger partial charge in [-0.3, -0.25) is 14.9 Å². The summed E-state index contributed by atoms with van der Waals surface area (Å²) in [5.41, 5.74) is 2.23. The molecule has 0 spiro atoms. The van der Waals surface area contributed by atoms with Gasteiger partial charge in [0.15, 0.2) is 5.11 Å². The molecule has 176 valence electrons. The number of benzene rings is 2. The highest BCUT2D eigenvalue weighted by Crippen LogP contribution is 2.23. The first-order valence-corrected chi connectivity index (χ1v) is 11.3. The molecule has 0 bridgehead atoms. The van der Waals surface area contributed by atoms with Crippen molar-refractivity contribution in [2.45, 2.75) is 19.8 Å². The number of thiocarbonyl (C=S) groups is 1. The summed E-state index contributed by atoms with van der Waals surface area (Å²) >= 11 is 5.30. The van der Waals surface area contributed by atoms with Crippen molar-refractivity contribution in [3.05, 3.63) is 48.0 Å². The van der Waals surface area contributed by atoms with Crippen LogP contribution in [0.2, 0.25) is 0 Å². The summed E-state index contributed by atoms with van der Waals surface area (Å²) in [6, 6.07) is 12.8. The van der Waals surface area contributed by atoms with Crippen molar-refractivity contribution in [2.75, 3.05) is 50.6 Å². The van der Waals surface area contributed by atoms with Crippen molar-refractivity contribution in [1.29, 1.82) is 0 Å². The van der Waals surface area contributed by atoms with E-state index in [-0.39, 0.29) is 16.9 Å². The van der Waals surface area contributed by atoms with Crippen molar-refractivity contribution < 1.29 is 19.1 Å². The third kappa shape index (κ3) is 6.58. The Morgan fingerprint density at radius 2 is 1.58 bits per heavy atom. The van der Waals surface area contributed by atoms with Gasteiger partial charge in [-0.05, 0) is 55.0 Å². The molecule has 1 aliphatic rings. The average molecular weight is 471 g/mol. The van der Waals surface area contributed by atoms with Crippen LogP contribution in [-0.4, -0.2) is 62.2 Å².